The van der Waals surface area contributed by atoms with Crippen molar-refractivity contribution in [1.29, 1.82) is 0 Å². The Morgan fingerprint density at radius 1 is 1.00 bits per heavy atom. The third kappa shape index (κ3) is 5.84. The second-order valence-corrected chi connectivity index (χ2v) is 9.91. The number of primary amides is 1. The van der Waals surface area contributed by atoms with E-state index in [9.17, 15) is 9.59 Å². The Hall–Kier alpha value is -3.08. The molecule has 2 aromatic carbocycles. The van der Waals surface area contributed by atoms with E-state index < -0.39 is 11.5 Å². The number of piperidine rings is 1. The van der Waals surface area contributed by atoms with Gasteiger partial charge in [0.2, 0.25) is 5.91 Å². The van der Waals surface area contributed by atoms with Gasteiger partial charge in [0.05, 0.1) is 0 Å². The van der Waals surface area contributed by atoms with Crippen molar-refractivity contribution < 1.29 is 14.3 Å². The summed E-state index contributed by atoms with van der Waals surface area (Å²) in [6.07, 6.45) is 3.58. The molecule has 3 rings (SSSR count). The van der Waals surface area contributed by atoms with Gasteiger partial charge in [0.15, 0.2) is 0 Å². The molecule has 0 spiro atoms. The lowest BCUT2D eigenvalue weighted by Crippen LogP contribution is -2.41. The van der Waals surface area contributed by atoms with Crippen molar-refractivity contribution in [3.63, 3.8) is 0 Å². The monoisotopic (exact) mass is 448 g/mol. The summed E-state index contributed by atoms with van der Waals surface area (Å²) in [6.45, 7) is 13.0. The van der Waals surface area contributed by atoms with Crippen LogP contribution in [0.15, 0.2) is 42.5 Å². The quantitative estimate of drug-likeness (QED) is 0.612. The molecule has 1 aliphatic rings. The van der Waals surface area contributed by atoms with Crippen molar-refractivity contribution in [3.8, 4) is 11.1 Å². The van der Waals surface area contributed by atoms with Crippen LogP contribution in [0.5, 0.6) is 0 Å². The minimum absolute atomic E-state index is 0.253. The molecule has 5 nitrogen and oxygen atoms in total. The number of likely N-dealkylation sites (tertiary alicyclic amines) is 1. The number of aryl methyl sites for hydroxylation is 1. The summed E-state index contributed by atoms with van der Waals surface area (Å²) < 4.78 is 5.54. The number of carbonyl (C=O) groups is 2. The van der Waals surface area contributed by atoms with E-state index in [4.69, 9.17) is 10.5 Å². The lowest BCUT2D eigenvalue weighted by atomic mass is 9.81. The van der Waals surface area contributed by atoms with Crippen molar-refractivity contribution in [2.45, 2.75) is 60.0 Å². The standard InChI is InChI=1S/C28H36N2O3/c1-7-23(21-12-14-30(15-13-21)27(32)33-28(4,5)6)24-16-22(17-25(19(24)3)26(29)31)20-10-8-18(2)9-11-20/h7-11,16-17,21H,12-15H2,1-6H3,(H2,29,31)/b23-7-. The zero-order chi connectivity index (χ0) is 24.3. The molecule has 0 aliphatic carbocycles. The maximum Gasteiger partial charge on any atom is 0.410 e. The Morgan fingerprint density at radius 3 is 2.09 bits per heavy atom. The molecule has 0 radical (unpaired) electrons. The molecular formula is C28H36N2O3. The van der Waals surface area contributed by atoms with Crippen LogP contribution in [-0.4, -0.2) is 35.6 Å². The van der Waals surface area contributed by atoms with Crippen LogP contribution in [0.25, 0.3) is 16.7 Å². The zero-order valence-electron chi connectivity index (χ0n) is 20.7. The Balaban J connectivity index is 1.90. The van der Waals surface area contributed by atoms with Crippen LogP contribution in [-0.2, 0) is 4.74 Å². The van der Waals surface area contributed by atoms with Gasteiger partial charge in [-0.25, -0.2) is 4.79 Å². The van der Waals surface area contributed by atoms with Gasteiger partial charge in [0, 0.05) is 18.7 Å². The van der Waals surface area contributed by atoms with Gasteiger partial charge in [0.25, 0.3) is 0 Å². The van der Waals surface area contributed by atoms with Crippen LogP contribution in [0.4, 0.5) is 4.79 Å². The van der Waals surface area contributed by atoms with Crippen LogP contribution < -0.4 is 5.73 Å². The Bertz CT molecular complexity index is 1050. The first-order valence-corrected chi connectivity index (χ1v) is 11.7. The van der Waals surface area contributed by atoms with Crippen molar-refractivity contribution in [2.75, 3.05) is 13.1 Å². The zero-order valence-corrected chi connectivity index (χ0v) is 20.7. The third-order valence-corrected chi connectivity index (χ3v) is 6.27. The second-order valence-electron chi connectivity index (χ2n) is 9.91. The third-order valence-electron chi connectivity index (χ3n) is 6.27. The highest BCUT2D eigenvalue weighted by Gasteiger charge is 2.29. The number of benzene rings is 2. The molecule has 0 bridgehead atoms. The molecule has 5 heteroatoms. The lowest BCUT2D eigenvalue weighted by molar-refractivity contribution is 0.0199. The first-order valence-electron chi connectivity index (χ1n) is 11.7. The van der Waals surface area contributed by atoms with Gasteiger partial charge >= 0.3 is 6.09 Å². The number of amides is 2. The molecule has 0 saturated carbocycles. The van der Waals surface area contributed by atoms with Gasteiger partial charge in [-0.1, -0.05) is 35.9 Å². The van der Waals surface area contributed by atoms with E-state index in [1.165, 1.54) is 11.1 Å². The summed E-state index contributed by atoms with van der Waals surface area (Å²) >= 11 is 0. The predicted molar refractivity (Wildman–Crippen MR) is 134 cm³/mol. The summed E-state index contributed by atoms with van der Waals surface area (Å²) in [6, 6.07) is 12.3. The van der Waals surface area contributed by atoms with E-state index in [-0.39, 0.29) is 6.09 Å². The Labute approximate surface area is 197 Å². The van der Waals surface area contributed by atoms with Gasteiger partial charge < -0.3 is 15.4 Å². The molecule has 1 fully saturated rings. The first-order chi connectivity index (χ1) is 15.5. The maximum atomic E-state index is 12.5. The molecule has 2 N–H and O–H groups in total. The van der Waals surface area contributed by atoms with Crippen molar-refractivity contribution in [1.82, 2.24) is 4.90 Å². The fourth-order valence-electron chi connectivity index (χ4n) is 4.49. The van der Waals surface area contributed by atoms with Crippen molar-refractivity contribution in [2.24, 2.45) is 11.7 Å². The highest BCUT2D eigenvalue weighted by molar-refractivity contribution is 5.97. The van der Waals surface area contributed by atoms with E-state index in [1.54, 1.807) is 4.90 Å². The molecule has 2 aromatic rings. The minimum Gasteiger partial charge on any atom is -0.444 e. The largest absolute Gasteiger partial charge is 0.444 e. The smallest absolute Gasteiger partial charge is 0.410 e. The lowest BCUT2D eigenvalue weighted by Gasteiger charge is -2.35. The molecule has 1 heterocycles. The van der Waals surface area contributed by atoms with Crippen molar-refractivity contribution >= 4 is 17.6 Å². The number of nitrogens with two attached hydrogens (primary N) is 1. The molecule has 0 atom stereocenters. The summed E-state index contributed by atoms with van der Waals surface area (Å²) in [4.78, 5) is 26.5. The average molecular weight is 449 g/mol. The SMILES string of the molecule is C/C=C(\c1cc(-c2ccc(C)cc2)cc(C(N)=O)c1C)C1CCN(C(=O)OC(C)(C)C)CC1. The number of hydrogen-bond acceptors (Lipinski definition) is 3. The summed E-state index contributed by atoms with van der Waals surface area (Å²) in [5.41, 5.74) is 12.2. The number of ether oxygens (including phenoxy) is 1. The first kappa shape index (κ1) is 24.6. The highest BCUT2D eigenvalue weighted by atomic mass is 16.6. The summed E-state index contributed by atoms with van der Waals surface area (Å²) in [5, 5.41) is 0. The molecule has 0 aromatic heterocycles. The van der Waals surface area contributed by atoms with Crippen LogP contribution in [0, 0.1) is 19.8 Å². The van der Waals surface area contributed by atoms with Crippen LogP contribution >= 0.6 is 0 Å². The van der Waals surface area contributed by atoms with Gasteiger partial charge in [0.1, 0.15) is 5.60 Å². The average Bonchev–Trinajstić information content (AvgIpc) is 2.75. The van der Waals surface area contributed by atoms with Crippen LogP contribution in [0.2, 0.25) is 0 Å². The molecule has 1 saturated heterocycles. The predicted octanol–water partition coefficient (Wildman–Crippen LogP) is 6.12. The Morgan fingerprint density at radius 2 is 1.58 bits per heavy atom. The fourth-order valence-corrected chi connectivity index (χ4v) is 4.49. The van der Waals surface area contributed by atoms with Crippen molar-refractivity contribution in [3.05, 3.63) is 64.7 Å². The molecule has 1 aliphatic heterocycles. The highest BCUT2D eigenvalue weighted by Crippen LogP contribution is 2.37. The molecule has 176 valence electrons. The van der Waals surface area contributed by atoms with Crippen LogP contribution in [0.3, 0.4) is 0 Å². The summed E-state index contributed by atoms with van der Waals surface area (Å²) in [5.74, 6) is -0.126. The maximum absolute atomic E-state index is 12.5. The molecule has 33 heavy (non-hydrogen) atoms. The number of carbonyl (C=O) groups excluding carboxylic acids is 2. The fraction of sp³-hybridized carbons (Fsp3) is 0.429. The van der Waals surface area contributed by atoms with Gasteiger partial charge in [-0.3, -0.25) is 4.79 Å². The molecular weight excluding hydrogens is 412 g/mol. The van der Waals surface area contributed by atoms with E-state index in [0.29, 0.717) is 24.6 Å². The van der Waals surface area contributed by atoms with E-state index >= 15 is 0 Å². The van der Waals surface area contributed by atoms with E-state index in [0.717, 1.165) is 35.1 Å². The van der Waals surface area contributed by atoms with Gasteiger partial charge in [-0.05, 0) is 100 Å². The summed E-state index contributed by atoms with van der Waals surface area (Å²) in [7, 11) is 0. The van der Waals surface area contributed by atoms with E-state index in [2.05, 4.69) is 43.3 Å². The molecule has 2 amide bonds. The Kier molecular flexibility index (Phi) is 7.31. The number of allylic oxidation sites excluding steroid dienone is 2. The van der Waals surface area contributed by atoms with Gasteiger partial charge in [-0.2, -0.15) is 0 Å². The normalized spacial score (nSPS) is 15.5. The second kappa shape index (κ2) is 9.82. The van der Waals surface area contributed by atoms with E-state index in [1.807, 2.05) is 40.7 Å². The number of hydrogen-bond donors (Lipinski definition) is 1. The molecule has 0 unspecified atom stereocenters. The number of rotatable bonds is 4. The number of nitrogens with zero attached hydrogens (tertiary/aromatic N) is 1. The minimum atomic E-state index is -0.499. The topological polar surface area (TPSA) is 72.6 Å². The van der Waals surface area contributed by atoms with Crippen LogP contribution in [0.1, 0.15) is 67.6 Å². The van der Waals surface area contributed by atoms with Gasteiger partial charge in [-0.15, -0.1) is 0 Å².